The van der Waals surface area contributed by atoms with Crippen LogP contribution >= 0.6 is 11.3 Å². The topological polar surface area (TPSA) is 71.5 Å². The van der Waals surface area contributed by atoms with Gasteiger partial charge in [0.15, 0.2) is 5.13 Å². The number of anilines is 1. The van der Waals surface area contributed by atoms with Crippen LogP contribution in [-0.2, 0) is 4.74 Å². The Morgan fingerprint density at radius 3 is 2.94 bits per heavy atom. The molecule has 1 aromatic heterocycles. The van der Waals surface area contributed by atoms with E-state index in [4.69, 9.17) is 4.74 Å². The van der Waals surface area contributed by atoms with Crippen LogP contribution in [0.15, 0.2) is 0 Å². The minimum atomic E-state index is -0.383. The average Bonchev–Trinajstić information content (AvgIpc) is 2.82. The van der Waals surface area contributed by atoms with Gasteiger partial charge < -0.3 is 10.1 Å². The Bertz CT molecular complexity index is 486. The number of rotatable bonds is 3. The van der Waals surface area contributed by atoms with Crippen LogP contribution in [-0.4, -0.2) is 36.2 Å². The van der Waals surface area contributed by atoms with E-state index in [1.807, 2.05) is 6.92 Å². The number of aromatic nitrogens is 1. The molecular weight excluding hydrogens is 254 g/mol. The molecule has 0 radical (unpaired) electrons. The van der Waals surface area contributed by atoms with Crippen molar-refractivity contribution in [2.24, 2.45) is 0 Å². The molecule has 0 spiro atoms. The van der Waals surface area contributed by atoms with Crippen LogP contribution in [0.25, 0.3) is 0 Å². The summed E-state index contributed by atoms with van der Waals surface area (Å²) in [5.41, 5.74) is 0.598. The van der Waals surface area contributed by atoms with Crippen LogP contribution in [0.1, 0.15) is 29.2 Å². The second kappa shape index (κ2) is 4.93. The first-order valence-corrected chi connectivity index (χ1v) is 6.57. The van der Waals surface area contributed by atoms with Gasteiger partial charge >= 0.3 is 12.0 Å². The number of urea groups is 1. The van der Waals surface area contributed by atoms with Gasteiger partial charge in [0.25, 0.3) is 0 Å². The van der Waals surface area contributed by atoms with Crippen molar-refractivity contribution in [2.45, 2.75) is 26.8 Å². The van der Waals surface area contributed by atoms with Crippen LogP contribution in [0, 0.1) is 6.92 Å². The van der Waals surface area contributed by atoms with E-state index in [0.29, 0.717) is 28.9 Å². The fourth-order valence-corrected chi connectivity index (χ4v) is 2.71. The normalized spacial score (nSPS) is 18.9. The van der Waals surface area contributed by atoms with Crippen molar-refractivity contribution in [3.05, 3.63) is 10.6 Å². The van der Waals surface area contributed by atoms with E-state index in [-0.39, 0.29) is 18.0 Å². The summed E-state index contributed by atoms with van der Waals surface area (Å²) in [6.07, 6.45) is 0. The van der Waals surface area contributed by atoms with E-state index in [0.717, 1.165) is 0 Å². The van der Waals surface area contributed by atoms with E-state index in [1.165, 1.54) is 11.3 Å². The number of amides is 2. The maximum Gasteiger partial charge on any atom is 0.350 e. The quantitative estimate of drug-likeness (QED) is 0.845. The zero-order valence-electron chi connectivity index (χ0n) is 10.5. The first-order chi connectivity index (χ1) is 8.52. The van der Waals surface area contributed by atoms with Gasteiger partial charge in [-0.05, 0) is 20.8 Å². The molecule has 2 rings (SSSR count). The van der Waals surface area contributed by atoms with E-state index >= 15 is 0 Å². The number of esters is 1. The third kappa shape index (κ3) is 2.31. The summed E-state index contributed by atoms with van der Waals surface area (Å²) < 4.78 is 4.95. The molecule has 1 atom stereocenters. The number of hydrogen-bond acceptors (Lipinski definition) is 5. The molecule has 0 saturated carbocycles. The highest BCUT2D eigenvalue weighted by molar-refractivity contribution is 7.17. The molecule has 1 aromatic rings. The SMILES string of the molecule is CCOC(=O)c1sc(N2CC(C)NC2=O)nc1C. The first kappa shape index (κ1) is 12.8. The maximum atomic E-state index is 11.7. The van der Waals surface area contributed by atoms with Gasteiger partial charge in [0.05, 0.1) is 12.3 Å². The predicted molar refractivity (Wildman–Crippen MR) is 68.1 cm³/mol. The zero-order chi connectivity index (χ0) is 13.3. The largest absolute Gasteiger partial charge is 0.462 e. The second-order valence-electron chi connectivity index (χ2n) is 4.09. The van der Waals surface area contributed by atoms with Gasteiger partial charge in [-0.25, -0.2) is 14.6 Å². The van der Waals surface area contributed by atoms with Gasteiger partial charge in [0.1, 0.15) is 4.88 Å². The number of carbonyl (C=O) groups excluding carboxylic acids is 2. The lowest BCUT2D eigenvalue weighted by molar-refractivity contribution is 0.0531. The van der Waals surface area contributed by atoms with Crippen LogP contribution in [0.2, 0.25) is 0 Å². The molecule has 18 heavy (non-hydrogen) atoms. The standard InChI is InChI=1S/C11H15N3O3S/c1-4-17-9(15)8-7(3)13-11(18-8)14-5-6(2)12-10(14)16/h6H,4-5H2,1-3H3,(H,12,16). The van der Waals surface area contributed by atoms with E-state index < -0.39 is 0 Å². The highest BCUT2D eigenvalue weighted by Gasteiger charge is 2.30. The molecule has 6 nitrogen and oxygen atoms in total. The predicted octanol–water partition coefficient (Wildman–Crippen LogP) is 1.55. The summed E-state index contributed by atoms with van der Waals surface area (Å²) in [6, 6.07) is -0.0839. The Morgan fingerprint density at radius 2 is 2.39 bits per heavy atom. The second-order valence-corrected chi connectivity index (χ2v) is 5.07. The summed E-state index contributed by atoms with van der Waals surface area (Å²) >= 11 is 1.19. The van der Waals surface area contributed by atoms with Crippen molar-refractivity contribution in [1.29, 1.82) is 0 Å². The summed E-state index contributed by atoms with van der Waals surface area (Å²) in [6.45, 7) is 6.31. The monoisotopic (exact) mass is 269 g/mol. The van der Waals surface area contributed by atoms with Crippen molar-refractivity contribution in [3.8, 4) is 0 Å². The Balaban J connectivity index is 2.23. The van der Waals surface area contributed by atoms with Crippen molar-refractivity contribution >= 4 is 28.5 Å². The van der Waals surface area contributed by atoms with Gasteiger partial charge in [0.2, 0.25) is 0 Å². The lowest BCUT2D eigenvalue weighted by Gasteiger charge is -2.08. The molecule has 1 fully saturated rings. The van der Waals surface area contributed by atoms with E-state index in [2.05, 4.69) is 10.3 Å². The lowest BCUT2D eigenvalue weighted by atomic mass is 10.4. The third-order valence-electron chi connectivity index (χ3n) is 2.55. The van der Waals surface area contributed by atoms with Gasteiger partial charge in [-0.1, -0.05) is 11.3 Å². The molecule has 0 aliphatic carbocycles. The number of ether oxygens (including phenoxy) is 1. The molecule has 1 N–H and O–H groups in total. The molecule has 0 bridgehead atoms. The maximum absolute atomic E-state index is 11.7. The minimum absolute atomic E-state index is 0.0905. The number of aryl methyl sites for hydroxylation is 1. The highest BCUT2D eigenvalue weighted by atomic mass is 32.1. The fourth-order valence-electron chi connectivity index (χ4n) is 1.74. The molecule has 7 heteroatoms. The molecule has 2 heterocycles. The van der Waals surface area contributed by atoms with Crippen LogP contribution < -0.4 is 10.2 Å². The molecule has 0 aromatic carbocycles. The molecule has 1 unspecified atom stereocenters. The Hall–Kier alpha value is -1.63. The number of thiazole rings is 1. The smallest absolute Gasteiger partial charge is 0.350 e. The Labute approximate surface area is 109 Å². The average molecular weight is 269 g/mol. The van der Waals surface area contributed by atoms with Crippen LogP contribution in [0.4, 0.5) is 9.93 Å². The van der Waals surface area contributed by atoms with Gasteiger partial charge in [-0.15, -0.1) is 0 Å². The van der Waals surface area contributed by atoms with Crippen molar-refractivity contribution in [2.75, 3.05) is 18.1 Å². The van der Waals surface area contributed by atoms with Gasteiger partial charge in [-0.2, -0.15) is 0 Å². The van der Waals surface area contributed by atoms with E-state index in [1.54, 1.807) is 18.7 Å². The zero-order valence-corrected chi connectivity index (χ0v) is 11.3. The summed E-state index contributed by atoms with van der Waals surface area (Å²) in [5.74, 6) is -0.383. The number of hydrogen-bond donors (Lipinski definition) is 1. The number of carbonyl (C=O) groups is 2. The Morgan fingerprint density at radius 1 is 1.67 bits per heavy atom. The van der Waals surface area contributed by atoms with Gasteiger partial charge in [-0.3, -0.25) is 4.90 Å². The van der Waals surface area contributed by atoms with Crippen LogP contribution in [0.3, 0.4) is 0 Å². The summed E-state index contributed by atoms with van der Waals surface area (Å²) in [4.78, 5) is 29.6. The molecular formula is C11H15N3O3S. The molecule has 98 valence electrons. The lowest BCUT2D eigenvalue weighted by Crippen LogP contribution is -2.27. The Kier molecular flexibility index (Phi) is 3.51. The molecule has 1 saturated heterocycles. The minimum Gasteiger partial charge on any atom is -0.462 e. The molecule has 1 aliphatic heterocycles. The molecule has 2 amide bonds. The van der Waals surface area contributed by atoms with E-state index in [9.17, 15) is 9.59 Å². The number of nitrogens with zero attached hydrogens (tertiary/aromatic N) is 2. The summed E-state index contributed by atoms with van der Waals surface area (Å²) in [5, 5.41) is 3.33. The fraction of sp³-hybridized carbons (Fsp3) is 0.545. The van der Waals surface area contributed by atoms with Crippen LogP contribution in [0.5, 0.6) is 0 Å². The van der Waals surface area contributed by atoms with Crippen molar-refractivity contribution < 1.29 is 14.3 Å². The number of nitrogens with one attached hydrogen (secondary N) is 1. The third-order valence-corrected chi connectivity index (χ3v) is 3.71. The van der Waals surface area contributed by atoms with Gasteiger partial charge in [0, 0.05) is 12.6 Å². The highest BCUT2D eigenvalue weighted by Crippen LogP contribution is 2.28. The van der Waals surface area contributed by atoms with Crippen molar-refractivity contribution in [1.82, 2.24) is 10.3 Å². The van der Waals surface area contributed by atoms with Crippen molar-refractivity contribution in [3.63, 3.8) is 0 Å². The molecule has 1 aliphatic rings. The summed E-state index contributed by atoms with van der Waals surface area (Å²) in [7, 11) is 0. The first-order valence-electron chi connectivity index (χ1n) is 5.75.